The lowest BCUT2D eigenvalue weighted by atomic mass is 10.0. The van der Waals surface area contributed by atoms with E-state index in [2.05, 4.69) is 0 Å². The lowest BCUT2D eigenvalue weighted by molar-refractivity contribution is 0.00687. The standard InChI is InChI=1S/C12H26O4/c13-9-5-1-3-7-11(15)12(16)8-4-2-6-10-14/h11-16H,1-10H2. The fraction of sp³-hybridized carbons (Fsp3) is 1.00. The average Bonchev–Trinajstić information content (AvgIpc) is 2.29. The van der Waals surface area contributed by atoms with Gasteiger partial charge in [-0.25, -0.2) is 0 Å². The van der Waals surface area contributed by atoms with Crippen molar-refractivity contribution in [3.63, 3.8) is 0 Å². The van der Waals surface area contributed by atoms with Crippen LogP contribution in [0.15, 0.2) is 0 Å². The van der Waals surface area contributed by atoms with Crippen molar-refractivity contribution in [2.75, 3.05) is 13.2 Å². The minimum absolute atomic E-state index is 0.194. The lowest BCUT2D eigenvalue weighted by Crippen LogP contribution is -2.25. The van der Waals surface area contributed by atoms with E-state index in [-0.39, 0.29) is 13.2 Å². The second kappa shape index (κ2) is 11.3. The summed E-state index contributed by atoms with van der Waals surface area (Å²) in [7, 11) is 0. The largest absolute Gasteiger partial charge is 0.396 e. The summed E-state index contributed by atoms with van der Waals surface area (Å²) in [6, 6.07) is 0. The van der Waals surface area contributed by atoms with Gasteiger partial charge in [-0.05, 0) is 25.7 Å². The molecule has 0 aliphatic carbocycles. The monoisotopic (exact) mass is 234 g/mol. The molecule has 0 aliphatic heterocycles. The molecular formula is C12H26O4. The Bertz CT molecular complexity index is 125. The molecule has 4 heteroatoms. The van der Waals surface area contributed by atoms with E-state index in [0.29, 0.717) is 12.8 Å². The highest BCUT2D eigenvalue weighted by Gasteiger charge is 2.14. The molecule has 0 aromatic carbocycles. The Hall–Kier alpha value is -0.160. The molecule has 4 N–H and O–H groups in total. The van der Waals surface area contributed by atoms with Gasteiger partial charge in [0.2, 0.25) is 0 Å². The summed E-state index contributed by atoms with van der Waals surface area (Å²) in [5.74, 6) is 0. The SMILES string of the molecule is OCCCCCC(O)C(O)CCCCCO. The van der Waals surface area contributed by atoms with Crippen LogP contribution in [0.25, 0.3) is 0 Å². The summed E-state index contributed by atoms with van der Waals surface area (Å²) in [6.07, 6.45) is 4.90. The maximum atomic E-state index is 9.61. The van der Waals surface area contributed by atoms with E-state index in [0.717, 1.165) is 38.5 Å². The highest BCUT2D eigenvalue weighted by atomic mass is 16.3. The molecule has 0 saturated heterocycles. The van der Waals surface area contributed by atoms with Gasteiger partial charge in [0.05, 0.1) is 12.2 Å². The minimum atomic E-state index is -0.646. The molecule has 0 amide bonds. The van der Waals surface area contributed by atoms with Gasteiger partial charge in [0.1, 0.15) is 0 Å². The Morgan fingerprint density at radius 1 is 0.562 bits per heavy atom. The van der Waals surface area contributed by atoms with Gasteiger partial charge in [0, 0.05) is 13.2 Å². The van der Waals surface area contributed by atoms with Gasteiger partial charge in [-0.15, -0.1) is 0 Å². The highest BCUT2D eigenvalue weighted by molar-refractivity contribution is 4.67. The van der Waals surface area contributed by atoms with Gasteiger partial charge in [-0.2, -0.15) is 0 Å². The van der Waals surface area contributed by atoms with Gasteiger partial charge in [-0.3, -0.25) is 0 Å². The van der Waals surface area contributed by atoms with Gasteiger partial charge >= 0.3 is 0 Å². The van der Waals surface area contributed by atoms with Gasteiger partial charge < -0.3 is 20.4 Å². The van der Waals surface area contributed by atoms with Crippen molar-refractivity contribution in [2.24, 2.45) is 0 Å². The maximum absolute atomic E-state index is 9.61. The molecule has 0 aromatic rings. The Balaban J connectivity index is 3.38. The van der Waals surface area contributed by atoms with Crippen LogP contribution in [0.5, 0.6) is 0 Å². The number of hydrogen-bond donors (Lipinski definition) is 4. The summed E-state index contributed by atoms with van der Waals surface area (Å²) < 4.78 is 0. The molecule has 0 aromatic heterocycles. The molecule has 0 spiro atoms. The minimum Gasteiger partial charge on any atom is -0.396 e. The Morgan fingerprint density at radius 2 is 0.938 bits per heavy atom. The Labute approximate surface area is 97.9 Å². The van der Waals surface area contributed by atoms with Crippen LogP contribution in [0.3, 0.4) is 0 Å². The van der Waals surface area contributed by atoms with Crippen molar-refractivity contribution in [3.05, 3.63) is 0 Å². The number of rotatable bonds is 11. The maximum Gasteiger partial charge on any atom is 0.0799 e. The summed E-state index contributed by atoms with van der Waals surface area (Å²) in [6.45, 7) is 0.389. The summed E-state index contributed by atoms with van der Waals surface area (Å²) in [5.41, 5.74) is 0. The number of hydrogen-bond acceptors (Lipinski definition) is 4. The zero-order valence-electron chi connectivity index (χ0n) is 10.0. The van der Waals surface area contributed by atoms with Gasteiger partial charge in [-0.1, -0.05) is 25.7 Å². The van der Waals surface area contributed by atoms with E-state index in [1.807, 2.05) is 0 Å². The molecule has 0 heterocycles. The molecule has 16 heavy (non-hydrogen) atoms. The van der Waals surface area contributed by atoms with Crippen LogP contribution in [-0.4, -0.2) is 45.8 Å². The molecule has 0 fully saturated rings. The molecule has 0 bridgehead atoms. The Kier molecular flexibility index (Phi) is 11.2. The third-order valence-electron chi connectivity index (χ3n) is 2.76. The van der Waals surface area contributed by atoms with E-state index >= 15 is 0 Å². The van der Waals surface area contributed by atoms with E-state index in [1.165, 1.54) is 0 Å². The van der Waals surface area contributed by atoms with Crippen LogP contribution in [0.4, 0.5) is 0 Å². The molecule has 0 radical (unpaired) electrons. The van der Waals surface area contributed by atoms with Crippen LogP contribution >= 0.6 is 0 Å². The summed E-state index contributed by atoms with van der Waals surface area (Å²) >= 11 is 0. The number of unbranched alkanes of at least 4 members (excludes halogenated alkanes) is 4. The van der Waals surface area contributed by atoms with Gasteiger partial charge in [0.15, 0.2) is 0 Å². The van der Waals surface area contributed by atoms with E-state index in [4.69, 9.17) is 10.2 Å². The Morgan fingerprint density at radius 3 is 1.25 bits per heavy atom. The number of aliphatic hydroxyl groups is 4. The molecule has 0 saturated carbocycles. The van der Waals surface area contributed by atoms with Crippen LogP contribution in [0.2, 0.25) is 0 Å². The predicted molar refractivity (Wildman–Crippen MR) is 63.1 cm³/mol. The number of aliphatic hydroxyl groups excluding tert-OH is 4. The fourth-order valence-electron chi connectivity index (χ4n) is 1.67. The van der Waals surface area contributed by atoms with Gasteiger partial charge in [0.25, 0.3) is 0 Å². The van der Waals surface area contributed by atoms with Crippen molar-refractivity contribution >= 4 is 0 Å². The van der Waals surface area contributed by atoms with Crippen LogP contribution < -0.4 is 0 Å². The van der Waals surface area contributed by atoms with Crippen molar-refractivity contribution in [1.82, 2.24) is 0 Å². The van der Waals surface area contributed by atoms with Crippen molar-refractivity contribution in [2.45, 2.75) is 63.6 Å². The quantitative estimate of drug-likeness (QED) is 0.399. The first-order chi connectivity index (χ1) is 7.72. The second-order valence-electron chi connectivity index (χ2n) is 4.28. The molecule has 98 valence electrons. The van der Waals surface area contributed by atoms with Crippen LogP contribution in [-0.2, 0) is 0 Å². The zero-order chi connectivity index (χ0) is 12.2. The van der Waals surface area contributed by atoms with Crippen LogP contribution in [0.1, 0.15) is 51.4 Å². The molecule has 2 unspecified atom stereocenters. The van der Waals surface area contributed by atoms with Crippen molar-refractivity contribution in [1.29, 1.82) is 0 Å². The third-order valence-corrected chi connectivity index (χ3v) is 2.76. The van der Waals surface area contributed by atoms with E-state index in [1.54, 1.807) is 0 Å². The summed E-state index contributed by atoms with van der Waals surface area (Å²) in [5, 5.41) is 36.4. The van der Waals surface area contributed by atoms with Crippen molar-refractivity contribution in [3.8, 4) is 0 Å². The predicted octanol–water partition coefficient (Wildman–Crippen LogP) is 0.814. The average molecular weight is 234 g/mol. The first-order valence-electron chi connectivity index (χ1n) is 6.30. The van der Waals surface area contributed by atoms with E-state index < -0.39 is 12.2 Å². The highest BCUT2D eigenvalue weighted by Crippen LogP contribution is 2.12. The smallest absolute Gasteiger partial charge is 0.0799 e. The summed E-state index contributed by atoms with van der Waals surface area (Å²) in [4.78, 5) is 0. The normalized spacial score (nSPS) is 15.0. The molecule has 0 rings (SSSR count). The second-order valence-corrected chi connectivity index (χ2v) is 4.28. The first kappa shape index (κ1) is 15.8. The lowest BCUT2D eigenvalue weighted by Gasteiger charge is -2.17. The molecule has 4 nitrogen and oxygen atoms in total. The van der Waals surface area contributed by atoms with Crippen LogP contribution in [0, 0.1) is 0 Å². The topological polar surface area (TPSA) is 80.9 Å². The zero-order valence-corrected chi connectivity index (χ0v) is 10.0. The fourth-order valence-corrected chi connectivity index (χ4v) is 1.67. The van der Waals surface area contributed by atoms with Crippen molar-refractivity contribution < 1.29 is 20.4 Å². The molecule has 0 aliphatic rings. The molecule has 2 atom stereocenters. The molecular weight excluding hydrogens is 208 g/mol. The van der Waals surface area contributed by atoms with E-state index in [9.17, 15) is 10.2 Å². The first-order valence-corrected chi connectivity index (χ1v) is 6.30. The third kappa shape index (κ3) is 9.09.